The maximum absolute atomic E-state index is 9.64. The number of fused-ring (bicyclic) bond motifs is 6. The van der Waals surface area contributed by atoms with E-state index in [1.807, 2.05) is 12.1 Å². The molecule has 10 rings (SSSR count). The van der Waals surface area contributed by atoms with Crippen molar-refractivity contribution >= 4 is 21.8 Å². The largest absolute Gasteiger partial charge is 0.309 e. The maximum atomic E-state index is 9.64. The topological polar surface area (TPSA) is 28.7 Å². The molecule has 1 heterocycles. The molecule has 0 radical (unpaired) electrons. The Bertz CT molecular complexity index is 2890. The Balaban J connectivity index is 1.02. The summed E-state index contributed by atoms with van der Waals surface area (Å²) in [6, 6.07) is 70.3. The lowest BCUT2D eigenvalue weighted by Gasteiger charge is -2.34. The van der Waals surface area contributed by atoms with Crippen LogP contribution in [0.5, 0.6) is 0 Å². The lowest BCUT2D eigenvalue weighted by molar-refractivity contribution is 0.649. The molecular weight excluding hydrogens is 653 g/mol. The molecule has 8 aromatic carbocycles. The highest BCUT2D eigenvalue weighted by atomic mass is 15.0. The summed E-state index contributed by atoms with van der Waals surface area (Å²) in [6.07, 6.45) is 0. The minimum absolute atomic E-state index is 0.185. The van der Waals surface area contributed by atoms with Gasteiger partial charge in [-0.15, -0.1) is 0 Å². The molecule has 2 heteroatoms. The van der Waals surface area contributed by atoms with Crippen LogP contribution in [-0.4, -0.2) is 4.57 Å². The number of para-hydroxylation sites is 1. The summed E-state index contributed by atoms with van der Waals surface area (Å²) >= 11 is 0. The van der Waals surface area contributed by atoms with Crippen LogP contribution in [0.3, 0.4) is 0 Å². The standard InChI is InChI=1S/C52H36N2/c1-34-44-28-24-40(31-48(44)45-14-5-6-16-47(45)52(34)42-13-9-10-35(30-42)33-53)41-25-29-51-49(32-41)46-15-7-8-17-50(46)54(51)43-26-22-39(23-27-43)38-20-18-37(19-21-38)36-11-3-2-4-12-36/h2-32,34,52H,1H3. The van der Waals surface area contributed by atoms with Crippen molar-refractivity contribution in [3.63, 3.8) is 0 Å². The normalized spacial score (nSPS) is 14.7. The molecule has 0 aliphatic heterocycles. The molecule has 0 amide bonds. The number of rotatable bonds is 5. The van der Waals surface area contributed by atoms with E-state index in [9.17, 15) is 5.26 Å². The second-order valence-electron chi connectivity index (χ2n) is 14.5. The monoisotopic (exact) mass is 688 g/mol. The van der Waals surface area contributed by atoms with Gasteiger partial charge in [-0.2, -0.15) is 5.26 Å². The Labute approximate surface area is 315 Å². The number of hydrogen-bond donors (Lipinski definition) is 0. The van der Waals surface area contributed by atoms with Gasteiger partial charge in [0.15, 0.2) is 0 Å². The Hall–Kier alpha value is -6.95. The van der Waals surface area contributed by atoms with Crippen molar-refractivity contribution in [1.29, 1.82) is 5.26 Å². The van der Waals surface area contributed by atoms with E-state index in [1.165, 1.54) is 83.0 Å². The van der Waals surface area contributed by atoms with Gasteiger partial charge in [-0.25, -0.2) is 0 Å². The Kier molecular flexibility index (Phi) is 7.60. The summed E-state index contributed by atoms with van der Waals surface area (Å²) in [4.78, 5) is 0. The minimum Gasteiger partial charge on any atom is -0.309 e. The quantitative estimate of drug-likeness (QED) is 0.177. The molecule has 2 unspecified atom stereocenters. The van der Waals surface area contributed by atoms with Gasteiger partial charge in [-0.05, 0) is 116 Å². The van der Waals surface area contributed by atoms with Crippen molar-refractivity contribution in [2.45, 2.75) is 18.8 Å². The summed E-state index contributed by atoms with van der Waals surface area (Å²) in [7, 11) is 0. The van der Waals surface area contributed by atoms with Gasteiger partial charge in [0.1, 0.15) is 0 Å². The van der Waals surface area contributed by atoms with Gasteiger partial charge in [0, 0.05) is 22.4 Å². The summed E-state index contributed by atoms with van der Waals surface area (Å²) < 4.78 is 2.39. The van der Waals surface area contributed by atoms with Crippen LogP contribution >= 0.6 is 0 Å². The molecule has 1 aromatic heterocycles. The van der Waals surface area contributed by atoms with Crippen molar-refractivity contribution in [2.24, 2.45) is 0 Å². The first kappa shape index (κ1) is 31.8. The Morgan fingerprint density at radius 3 is 1.83 bits per heavy atom. The third kappa shape index (κ3) is 5.25. The molecule has 0 saturated heterocycles. The molecule has 9 aromatic rings. The number of nitrogens with zero attached hydrogens (tertiary/aromatic N) is 2. The van der Waals surface area contributed by atoms with E-state index >= 15 is 0 Å². The Morgan fingerprint density at radius 2 is 1.06 bits per heavy atom. The van der Waals surface area contributed by atoms with Gasteiger partial charge in [0.05, 0.1) is 22.7 Å². The van der Waals surface area contributed by atoms with Gasteiger partial charge in [-0.1, -0.05) is 146 Å². The zero-order valence-electron chi connectivity index (χ0n) is 29.9. The average molecular weight is 689 g/mol. The van der Waals surface area contributed by atoms with Crippen LogP contribution in [0.4, 0.5) is 0 Å². The zero-order valence-corrected chi connectivity index (χ0v) is 29.9. The van der Waals surface area contributed by atoms with Crippen LogP contribution < -0.4 is 0 Å². The lowest BCUT2D eigenvalue weighted by Crippen LogP contribution is -2.17. The van der Waals surface area contributed by atoms with Crippen LogP contribution in [0.2, 0.25) is 0 Å². The van der Waals surface area contributed by atoms with Gasteiger partial charge < -0.3 is 4.57 Å². The van der Waals surface area contributed by atoms with Crippen LogP contribution in [0.15, 0.2) is 188 Å². The molecule has 2 nitrogen and oxygen atoms in total. The molecule has 1 aliphatic carbocycles. The fraction of sp³-hybridized carbons (Fsp3) is 0.0577. The van der Waals surface area contributed by atoms with E-state index in [0.29, 0.717) is 5.56 Å². The first-order chi connectivity index (χ1) is 26.6. The smallest absolute Gasteiger partial charge is 0.0991 e. The molecule has 2 atom stereocenters. The second kappa shape index (κ2) is 12.9. The fourth-order valence-corrected chi connectivity index (χ4v) is 8.82. The SMILES string of the molecule is CC1c2ccc(-c3ccc4c(c3)c3ccccc3n4-c3ccc(-c4ccc(-c5ccccc5)cc4)cc3)cc2-c2ccccc2C1c1cccc(C#N)c1. The minimum atomic E-state index is 0.185. The second-order valence-corrected chi connectivity index (χ2v) is 14.5. The summed E-state index contributed by atoms with van der Waals surface area (Å²) in [5.41, 5.74) is 17.9. The lowest BCUT2D eigenvalue weighted by atomic mass is 9.69. The van der Waals surface area contributed by atoms with Gasteiger partial charge >= 0.3 is 0 Å². The van der Waals surface area contributed by atoms with Gasteiger partial charge in [0.2, 0.25) is 0 Å². The molecule has 0 spiro atoms. The van der Waals surface area contributed by atoms with E-state index in [1.54, 1.807) is 0 Å². The predicted octanol–water partition coefficient (Wildman–Crippen LogP) is 13.6. The van der Waals surface area contributed by atoms with E-state index in [2.05, 4.69) is 193 Å². The van der Waals surface area contributed by atoms with Crippen molar-refractivity contribution in [3.05, 3.63) is 210 Å². The summed E-state index contributed by atoms with van der Waals surface area (Å²) in [5, 5.41) is 12.1. The molecule has 0 saturated carbocycles. The highest BCUT2D eigenvalue weighted by Crippen LogP contribution is 2.50. The van der Waals surface area contributed by atoms with Crippen molar-refractivity contribution in [3.8, 4) is 56.3 Å². The molecule has 0 N–H and O–H groups in total. The van der Waals surface area contributed by atoms with Crippen molar-refractivity contribution < 1.29 is 0 Å². The highest BCUT2D eigenvalue weighted by molar-refractivity contribution is 6.10. The van der Waals surface area contributed by atoms with Crippen molar-refractivity contribution in [2.75, 3.05) is 0 Å². The first-order valence-electron chi connectivity index (χ1n) is 18.7. The van der Waals surface area contributed by atoms with Crippen LogP contribution in [0.25, 0.3) is 72.0 Å². The summed E-state index contributed by atoms with van der Waals surface area (Å²) in [5.74, 6) is 0.447. The third-order valence-electron chi connectivity index (χ3n) is 11.5. The van der Waals surface area contributed by atoms with E-state index in [-0.39, 0.29) is 11.8 Å². The highest BCUT2D eigenvalue weighted by Gasteiger charge is 2.32. The number of nitriles is 1. The fourth-order valence-electron chi connectivity index (χ4n) is 8.82. The number of hydrogen-bond acceptors (Lipinski definition) is 1. The number of aromatic nitrogens is 1. The molecule has 0 fully saturated rings. The van der Waals surface area contributed by atoms with Gasteiger partial charge in [0.25, 0.3) is 0 Å². The zero-order chi connectivity index (χ0) is 36.2. The number of benzene rings is 8. The molecular formula is C52H36N2. The third-order valence-corrected chi connectivity index (χ3v) is 11.5. The predicted molar refractivity (Wildman–Crippen MR) is 224 cm³/mol. The Morgan fingerprint density at radius 1 is 0.444 bits per heavy atom. The molecule has 254 valence electrons. The first-order valence-corrected chi connectivity index (χ1v) is 18.7. The molecule has 0 bridgehead atoms. The van der Waals surface area contributed by atoms with Crippen molar-refractivity contribution in [1.82, 2.24) is 4.57 Å². The van der Waals surface area contributed by atoms with Gasteiger partial charge in [-0.3, -0.25) is 0 Å². The van der Waals surface area contributed by atoms with Crippen LogP contribution in [0.1, 0.15) is 41.0 Å². The van der Waals surface area contributed by atoms with E-state index in [0.717, 1.165) is 5.69 Å². The van der Waals surface area contributed by atoms with Crippen LogP contribution in [0, 0.1) is 11.3 Å². The summed E-state index contributed by atoms with van der Waals surface area (Å²) in [6.45, 7) is 2.33. The van der Waals surface area contributed by atoms with E-state index < -0.39 is 0 Å². The van der Waals surface area contributed by atoms with Crippen LogP contribution in [-0.2, 0) is 0 Å². The maximum Gasteiger partial charge on any atom is 0.0991 e. The molecule has 1 aliphatic rings. The van der Waals surface area contributed by atoms with E-state index in [4.69, 9.17) is 0 Å². The average Bonchev–Trinajstić information content (AvgIpc) is 3.58. The molecule has 54 heavy (non-hydrogen) atoms.